The molecule has 0 radical (unpaired) electrons. The highest BCUT2D eigenvalue weighted by Gasteiger charge is 2.11. The lowest BCUT2D eigenvalue weighted by Gasteiger charge is -2.29. The summed E-state index contributed by atoms with van der Waals surface area (Å²) in [4.78, 5) is 2.34. The molecular formula is C13H15N3O. The van der Waals surface area contributed by atoms with Crippen molar-refractivity contribution >= 4 is 5.69 Å². The van der Waals surface area contributed by atoms with Gasteiger partial charge in [-0.15, -0.1) is 0 Å². The minimum Gasteiger partial charge on any atom is -0.378 e. The van der Waals surface area contributed by atoms with Gasteiger partial charge in [0.05, 0.1) is 18.9 Å². The summed E-state index contributed by atoms with van der Waals surface area (Å²) in [5.41, 5.74) is 2.33. The molecule has 88 valence electrons. The average molecular weight is 229 g/mol. The fraction of sp³-hybridized carbons (Fsp3) is 0.308. The number of morpholine rings is 1. The molecule has 0 spiro atoms. The van der Waals surface area contributed by atoms with Gasteiger partial charge in [-0.1, -0.05) is 6.07 Å². The summed E-state index contributed by atoms with van der Waals surface area (Å²) in [6, 6.07) is 10.4. The molecule has 1 aromatic carbocycles. The van der Waals surface area contributed by atoms with Gasteiger partial charge in [-0.25, -0.2) is 4.68 Å². The molecule has 0 unspecified atom stereocenters. The third kappa shape index (κ3) is 2.17. The number of hydrogen-bond donors (Lipinski definition) is 0. The van der Waals surface area contributed by atoms with Crippen LogP contribution in [0.2, 0.25) is 0 Å². The van der Waals surface area contributed by atoms with Gasteiger partial charge < -0.3 is 9.64 Å². The smallest absolute Gasteiger partial charge is 0.0666 e. The van der Waals surface area contributed by atoms with E-state index < -0.39 is 0 Å². The molecule has 3 rings (SSSR count). The van der Waals surface area contributed by atoms with Crippen LogP contribution in [0, 0.1) is 0 Å². The number of aromatic nitrogens is 2. The van der Waals surface area contributed by atoms with Gasteiger partial charge in [0.15, 0.2) is 0 Å². The molecule has 17 heavy (non-hydrogen) atoms. The standard InChI is InChI=1S/C13H15N3O/c1-3-12(15-7-9-17-10-8-15)11-13(4-1)16-6-2-5-14-16/h1-6,11H,7-10H2. The Morgan fingerprint density at radius 1 is 1.06 bits per heavy atom. The molecule has 1 aliphatic heterocycles. The van der Waals surface area contributed by atoms with E-state index in [1.165, 1.54) is 5.69 Å². The molecule has 1 saturated heterocycles. The van der Waals surface area contributed by atoms with Gasteiger partial charge in [-0.2, -0.15) is 5.10 Å². The van der Waals surface area contributed by atoms with Crippen molar-refractivity contribution in [2.75, 3.05) is 31.2 Å². The maximum atomic E-state index is 5.36. The Bertz CT molecular complexity index is 475. The van der Waals surface area contributed by atoms with Crippen molar-refractivity contribution in [2.24, 2.45) is 0 Å². The van der Waals surface area contributed by atoms with Crippen molar-refractivity contribution < 1.29 is 4.74 Å². The van der Waals surface area contributed by atoms with Crippen molar-refractivity contribution in [2.45, 2.75) is 0 Å². The second-order valence-corrected chi connectivity index (χ2v) is 4.07. The van der Waals surface area contributed by atoms with E-state index in [4.69, 9.17) is 4.74 Å². The van der Waals surface area contributed by atoms with Gasteiger partial charge in [0.2, 0.25) is 0 Å². The van der Waals surface area contributed by atoms with Crippen LogP contribution in [0.3, 0.4) is 0 Å². The monoisotopic (exact) mass is 229 g/mol. The fourth-order valence-corrected chi connectivity index (χ4v) is 2.08. The Balaban J connectivity index is 1.88. The SMILES string of the molecule is c1cc(N2CCOCC2)cc(-n2cccn2)c1. The maximum absolute atomic E-state index is 5.36. The van der Waals surface area contributed by atoms with Crippen molar-refractivity contribution in [3.63, 3.8) is 0 Å². The first kappa shape index (κ1) is 10.4. The number of hydrogen-bond acceptors (Lipinski definition) is 3. The molecule has 0 saturated carbocycles. The van der Waals surface area contributed by atoms with E-state index in [0.29, 0.717) is 0 Å². The van der Waals surface area contributed by atoms with Gasteiger partial charge in [-0.3, -0.25) is 0 Å². The summed E-state index contributed by atoms with van der Waals surface area (Å²) in [7, 11) is 0. The number of benzene rings is 1. The van der Waals surface area contributed by atoms with E-state index in [1.54, 1.807) is 6.20 Å². The van der Waals surface area contributed by atoms with E-state index >= 15 is 0 Å². The zero-order chi connectivity index (χ0) is 11.5. The molecule has 0 atom stereocenters. The fourth-order valence-electron chi connectivity index (χ4n) is 2.08. The summed E-state index contributed by atoms with van der Waals surface area (Å²) >= 11 is 0. The van der Waals surface area contributed by atoms with Crippen LogP contribution in [0.15, 0.2) is 42.7 Å². The average Bonchev–Trinajstić information content (AvgIpc) is 2.94. The molecular weight excluding hydrogens is 214 g/mol. The van der Waals surface area contributed by atoms with E-state index in [9.17, 15) is 0 Å². The van der Waals surface area contributed by atoms with Crippen LogP contribution < -0.4 is 4.90 Å². The number of ether oxygens (including phenoxy) is 1. The molecule has 2 aromatic rings. The van der Waals surface area contributed by atoms with Crippen LogP contribution in [0.4, 0.5) is 5.69 Å². The molecule has 0 N–H and O–H groups in total. The van der Waals surface area contributed by atoms with Crippen molar-refractivity contribution in [1.29, 1.82) is 0 Å². The highest BCUT2D eigenvalue weighted by Crippen LogP contribution is 2.19. The molecule has 1 aromatic heterocycles. The van der Waals surface area contributed by atoms with E-state index in [-0.39, 0.29) is 0 Å². The lowest BCUT2D eigenvalue weighted by Crippen LogP contribution is -2.36. The van der Waals surface area contributed by atoms with Gasteiger partial charge in [0, 0.05) is 31.2 Å². The third-order valence-corrected chi connectivity index (χ3v) is 2.97. The molecule has 4 heteroatoms. The molecule has 0 aliphatic carbocycles. The second kappa shape index (κ2) is 4.59. The van der Waals surface area contributed by atoms with Crippen LogP contribution in [0.1, 0.15) is 0 Å². The zero-order valence-electron chi connectivity index (χ0n) is 9.62. The first-order chi connectivity index (χ1) is 8.43. The van der Waals surface area contributed by atoms with Gasteiger partial charge in [0.1, 0.15) is 0 Å². The predicted molar refractivity (Wildman–Crippen MR) is 66.6 cm³/mol. The number of anilines is 1. The first-order valence-corrected chi connectivity index (χ1v) is 5.86. The van der Waals surface area contributed by atoms with E-state index in [0.717, 1.165) is 32.0 Å². The lowest BCUT2D eigenvalue weighted by atomic mass is 10.2. The Labute approximate surface area is 100 Å². The van der Waals surface area contributed by atoms with Crippen molar-refractivity contribution in [3.05, 3.63) is 42.7 Å². The largest absolute Gasteiger partial charge is 0.378 e. The van der Waals surface area contributed by atoms with Gasteiger partial charge in [-0.05, 0) is 24.3 Å². The normalized spacial score (nSPS) is 16.1. The maximum Gasteiger partial charge on any atom is 0.0666 e. The molecule has 1 aliphatic rings. The highest BCUT2D eigenvalue weighted by atomic mass is 16.5. The summed E-state index contributed by atoms with van der Waals surface area (Å²) < 4.78 is 7.24. The van der Waals surface area contributed by atoms with Crippen LogP contribution in [-0.2, 0) is 4.74 Å². The third-order valence-electron chi connectivity index (χ3n) is 2.97. The predicted octanol–water partition coefficient (Wildman–Crippen LogP) is 1.71. The summed E-state index contributed by atoms with van der Waals surface area (Å²) in [5, 5.41) is 4.25. The van der Waals surface area contributed by atoms with Crippen LogP contribution in [0.25, 0.3) is 5.69 Å². The summed E-state index contributed by atoms with van der Waals surface area (Å²) in [6.45, 7) is 3.54. The minimum atomic E-state index is 0.812. The Morgan fingerprint density at radius 3 is 2.65 bits per heavy atom. The lowest BCUT2D eigenvalue weighted by molar-refractivity contribution is 0.122. The number of rotatable bonds is 2. The Morgan fingerprint density at radius 2 is 1.88 bits per heavy atom. The topological polar surface area (TPSA) is 30.3 Å². The summed E-state index contributed by atoms with van der Waals surface area (Å²) in [5.74, 6) is 0. The molecule has 0 amide bonds. The van der Waals surface area contributed by atoms with Crippen LogP contribution >= 0.6 is 0 Å². The van der Waals surface area contributed by atoms with Gasteiger partial charge >= 0.3 is 0 Å². The molecule has 1 fully saturated rings. The van der Waals surface area contributed by atoms with Crippen LogP contribution in [-0.4, -0.2) is 36.1 Å². The van der Waals surface area contributed by atoms with Crippen LogP contribution in [0.5, 0.6) is 0 Å². The second-order valence-electron chi connectivity index (χ2n) is 4.07. The van der Waals surface area contributed by atoms with E-state index in [2.05, 4.69) is 34.3 Å². The highest BCUT2D eigenvalue weighted by molar-refractivity contribution is 5.53. The molecule has 0 bridgehead atoms. The Kier molecular flexibility index (Phi) is 2.80. The quantitative estimate of drug-likeness (QED) is 0.785. The molecule has 2 heterocycles. The number of nitrogens with zero attached hydrogens (tertiary/aromatic N) is 3. The van der Waals surface area contributed by atoms with Gasteiger partial charge in [0.25, 0.3) is 0 Å². The van der Waals surface area contributed by atoms with Crippen molar-refractivity contribution in [1.82, 2.24) is 9.78 Å². The molecule has 4 nitrogen and oxygen atoms in total. The minimum absolute atomic E-state index is 0.812. The first-order valence-electron chi connectivity index (χ1n) is 5.86. The van der Waals surface area contributed by atoms with E-state index in [1.807, 2.05) is 16.9 Å². The Hall–Kier alpha value is -1.81. The van der Waals surface area contributed by atoms with Crippen molar-refractivity contribution in [3.8, 4) is 5.69 Å². The zero-order valence-corrected chi connectivity index (χ0v) is 9.62. The summed E-state index contributed by atoms with van der Waals surface area (Å²) in [6.07, 6.45) is 3.75.